The number of rotatable bonds is 2. The van der Waals surface area contributed by atoms with Gasteiger partial charge in [0, 0.05) is 44.2 Å². The number of halogens is 2. The molecule has 0 atom stereocenters. The van der Waals surface area contributed by atoms with Crippen molar-refractivity contribution in [3.05, 3.63) is 125 Å². The van der Waals surface area contributed by atoms with Crippen molar-refractivity contribution in [1.29, 1.82) is 0 Å². The van der Waals surface area contributed by atoms with Crippen LogP contribution in [0, 0.1) is 0 Å². The van der Waals surface area contributed by atoms with Crippen LogP contribution in [-0.4, -0.2) is 6.71 Å². The van der Waals surface area contributed by atoms with Crippen molar-refractivity contribution < 1.29 is 0 Å². The van der Waals surface area contributed by atoms with Crippen molar-refractivity contribution in [2.24, 2.45) is 0 Å². The molecule has 2 nitrogen and oxygen atoms in total. The van der Waals surface area contributed by atoms with Crippen molar-refractivity contribution in [3.63, 3.8) is 0 Å². The third-order valence-electron chi connectivity index (χ3n) is 6.95. The van der Waals surface area contributed by atoms with Crippen LogP contribution in [0.25, 0.3) is 0 Å². The van der Waals surface area contributed by atoms with Gasteiger partial charge in [0.05, 0.1) is 0 Å². The Hall–Kier alpha value is -3.66. The summed E-state index contributed by atoms with van der Waals surface area (Å²) in [5.41, 5.74) is 10.5. The number of benzene rings is 5. The molecule has 0 N–H and O–H groups in total. The lowest BCUT2D eigenvalue weighted by Crippen LogP contribution is -2.61. The second-order valence-corrected chi connectivity index (χ2v) is 9.76. The number of fused-ring (bicyclic) bond motifs is 4. The molecule has 0 aliphatic carbocycles. The molecule has 0 aromatic heterocycles. The molecule has 0 unspecified atom stereocenters. The van der Waals surface area contributed by atoms with Gasteiger partial charge in [0.2, 0.25) is 0 Å². The highest BCUT2D eigenvalue weighted by atomic mass is 35.5. The summed E-state index contributed by atoms with van der Waals surface area (Å²) in [4.78, 5) is 4.67. The summed E-state index contributed by atoms with van der Waals surface area (Å²) in [5.74, 6) is 0. The molecule has 7 rings (SSSR count). The van der Waals surface area contributed by atoms with Crippen LogP contribution in [0.4, 0.5) is 34.1 Å². The highest BCUT2D eigenvalue weighted by Gasteiger charge is 2.43. The van der Waals surface area contributed by atoms with Crippen LogP contribution in [0.3, 0.4) is 0 Å². The zero-order chi connectivity index (χ0) is 23.5. The van der Waals surface area contributed by atoms with E-state index in [-0.39, 0.29) is 6.71 Å². The van der Waals surface area contributed by atoms with Gasteiger partial charge in [-0.3, -0.25) is 0 Å². The summed E-state index contributed by atoms with van der Waals surface area (Å²) >= 11 is 13.1. The first kappa shape index (κ1) is 20.7. The maximum absolute atomic E-state index is 6.56. The largest absolute Gasteiger partial charge is 0.311 e. The van der Waals surface area contributed by atoms with Crippen molar-refractivity contribution in [1.82, 2.24) is 0 Å². The summed E-state index contributed by atoms with van der Waals surface area (Å²) in [6, 6.07) is 40.1. The van der Waals surface area contributed by atoms with Gasteiger partial charge in [-0.2, -0.15) is 0 Å². The molecule has 0 fully saturated rings. The van der Waals surface area contributed by atoms with Crippen molar-refractivity contribution >= 4 is 80.4 Å². The molecule has 2 aliphatic heterocycles. The van der Waals surface area contributed by atoms with Crippen LogP contribution < -0.4 is 26.2 Å². The van der Waals surface area contributed by atoms with Gasteiger partial charge in [-0.15, -0.1) is 0 Å². The topological polar surface area (TPSA) is 6.48 Å². The molecule has 5 aromatic rings. The first-order valence-electron chi connectivity index (χ1n) is 11.6. The predicted octanol–water partition coefficient (Wildman–Crippen LogP) is 7.08. The summed E-state index contributed by atoms with van der Waals surface area (Å²) in [6.07, 6.45) is 0. The lowest BCUT2D eigenvalue weighted by Gasteiger charge is -2.44. The van der Waals surface area contributed by atoms with Crippen LogP contribution in [0.2, 0.25) is 10.0 Å². The number of nitrogens with zero attached hydrogens (tertiary/aromatic N) is 2. The van der Waals surface area contributed by atoms with Crippen LogP contribution in [0.15, 0.2) is 115 Å². The summed E-state index contributed by atoms with van der Waals surface area (Å²) in [5, 5.41) is 1.45. The van der Waals surface area contributed by atoms with Gasteiger partial charge in [-0.25, -0.2) is 0 Å². The van der Waals surface area contributed by atoms with E-state index in [1.54, 1.807) is 0 Å². The van der Waals surface area contributed by atoms with Crippen molar-refractivity contribution in [2.75, 3.05) is 9.80 Å². The molecular weight excluding hydrogens is 470 g/mol. The van der Waals surface area contributed by atoms with Crippen LogP contribution in [-0.2, 0) is 0 Å². The standard InChI is InChI=1S/C30H19BCl2N2/c32-20-14-16-24-28(18-20)34(22-8-3-1-4-9-22)26-12-7-13-27-30(26)31(24)25-17-15-21(33)19-29(25)35(27)23-10-5-2-6-11-23/h1-19H. The van der Waals surface area contributed by atoms with E-state index in [0.717, 1.165) is 44.2 Å². The van der Waals surface area contributed by atoms with E-state index in [4.69, 9.17) is 23.2 Å². The quantitative estimate of drug-likeness (QED) is 0.240. The normalized spacial score (nSPS) is 13.3. The van der Waals surface area contributed by atoms with E-state index in [2.05, 4.69) is 101 Å². The second kappa shape index (κ2) is 7.95. The molecule has 0 radical (unpaired) electrons. The Morgan fingerprint density at radius 1 is 0.457 bits per heavy atom. The Kier molecular flexibility index (Phi) is 4.70. The second-order valence-electron chi connectivity index (χ2n) is 8.89. The molecule has 35 heavy (non-hydrogen) atoms. The zero-order valence-corrected chi connectivity index (χ0v) is 20.2. The Morgan fingerprint density at radius 3 is 1.37 bits per heavy atom. The molecule has 0 saturated heterocycles. The highest BCUT2D eigenvalue weighted by Crippen LogP contribution is 2.44. The van der Waals surface area contributed by atoms with E-state index in [9.17, 15) is 0 Å². The van der Waals surface area contributed by atoms with Gasteiger partial charge in [0.15, 0.2) is 0 Å². The van der Waals surface area contributed by atoms with E-state index >= 15 is 0 Å². The average Bonchev–Trinajstić information content (AvgIpc) is 2.89. The monoisotopic (exact) mass is 488 g/mol. The van der Waals surface area contributed by atoms with Gasteiger partial charge in [-0.05, 0) is 77.1 Å². The van der Waals surface area contributed by atoms with E-state index in [1.165, 1.54) is 16.4 Å². The SMILES string of the molecule is Clc1ccc2c(c1)N(c1ccccc1)c1cccc3c1B2c1ccc(Cl)cc1N3c1ccccc1. The van der Waals surface area contributed by atoms with Gasteiger partial charge in [0.1, 0.15) is 0 Å². The first-order valence-corrected chi connectivity index (χ1v) is 12.4. The molecule has 0 saturated carbocycles. The predicted molar refractivity (Wildman–Crippen MR) is 150 cm³/mol. The van der Waals surface area contributed by atoms with E-state index < -0.39 is 0 Å². The Morgan fingerprint density at radius 2 is 0.914 bits per heavy atom. The zero-order valence-electron chi connectivity index (χ0n) is 18.7. The molecule has 0 amide bonds. The molecule has 0 spiro atoms. The minimum Gasteiger partial charge on any atom is -0.311 e. The fourth-order valence-corrected chi connectivity index (χ4v) is 5.92. The van der Waals surface area contributed by atoms with E-state index in [0.29, 0.717) is 0 Å². The van der Waals surface area contributed by atoms with Gasteiger partial charge in [0.25, 0.3) is 6.71 Å². The molecular formula is C30H19BCl2N2. The third-order valence-corrected chi connectivity index (χ3v) is 7.42. The number of para-hydroxylation sites is 2. The maximum Gasteiger partial charge on any atom is 0.252 e. The third kappa shape index (κ3) is 3.12. The van der Waals surface area contributed by atoms with Crippen LogP contribution in [0.5, 0.6) is 0 Å². The molecule has 2 aliphatic rings. The minimum atomic E-state index is 0.0701. The molecule has 0 bridgehead atoms. The van der Waals surface area contributed by atoms with Crippen molar-refractivity contribution in [2.45, 2.75) is 0 Å². The van der Waals surface area contributed by atoms with Gasteiger partial charge >= 0.3 is 0 Å². The lowest BCUT2D eigenvalue weighted by molar-refractivity contribution is 1.25. The smallest absolute Gasteiger partial charge is 0.252 e. The van der Waals surface area contributed by atoms with E-state index in [1.807, 2.05) is 24.3 Å². The molecule has 5 aromatic carbocycles. The molecule has 166 valence electrons. The summed E-state index contributed by atoms with van der Waals surface area (Å²) in [6.45, 7) is 0.0701. The van der Waals surface area contributed by atoms with Crippen LogP contribution >= 0.6 is 23.2 Å². The van der Waals surface area contributed by atoms with Crippen molar-refractivity contribution in [3.8, 4) is 0 Å². The Balaban J connectivity index is 1.59. The van der Waals surface area contributed by atoms with Gasteiger partial charge in [-0.1, -0.05) is 77.8 Å². The molecule has 5 heteroatoms. The minimum absolute atomic E-state index is 0.0701. The summed E-state index contributed by atoms with van der Waals surface area (Å²) in [7, 11) is 0. The fraction of sp³-hybridized carbons (Fsp3) is 0. The number of anilines is 6. The maximum atomic E-state index is 6.56. The van der Waals surface area contributed by atoms with Crippen LogP contribution in [0.1, 0.15) is 0 Å². The fourth-order valence-electron chi connectivity index (χ4n) is 5.58. The average molecular weight is 489 g/mol. The Labute approximate surface area is 215 Å². The summed E-state index contributed by atoms with van der Waals surface area (Å²) < 4.78 is 0. The van der Waals surface area contributed by atoms with Gasteiger partial charge < -0.3 is 9.80 Å². The highest BCUT2D eigenvalue weighted by molar-refractivity contribution is 7.00. The lowest BCUT2D eigenvalue weighted by atomic mass is 9.33. The Bertz CT molecular complexity index is 1470. The molecule has 2 heterocycles. The first-order chi connectivity index (χ1) is 17.2. The number of hydrogen-bond acceptors (Lipinski definition) is 2. The number of hydrogen-bond donors (Lipinski definition) is 0.